The first-order chi connectivity index (χ1) is 10.0. The van der Waals surface area contributed by atoms with Crippen LogP contribution in [0.15, 0.2) is 11.3 Å². The van der Waals surface area contributed by atoms with Gasteiger partial charge >= 0.3 is 0 Å². The van der Waals surface area contributed by atoms with E-state index in [1.54, 1.807) is 0 Å². The second-order valence-corrected chi connectivity index (χ2v) is 7.51. The summed E-state index contributed by atoms with van der Waals surface area (Å²) in [6, 6.07) is 0. The molecule has 0 saturated carbocycles. The molecule has 4 heteroatoms. The van der Waals surface area contributed by atoms with Crippen molar-refractivity contribution in [1.29, 1.82) is 0 Å². The Hall–Kier alpha value is -0.480. The van der Waals surface area contributed by atoms with Crippen LogP contribution in [-0.2, 0) is 9.53 Å². The first-order valence-electron chi connectivity index (χ1n) is 8.21. The standard InChI is InChI=1S/C17H30O3S/c1-5-8-16(20-6-2)17-14(18)10-13(11-15(17)19)9-12(4)21-7-3/h12-13,16,18H,5-11H2,1-4H3. The van der Waals surface area contributed by atoms with Crippen LogP contribution >= 0.6 is 11.8 Å². The minimum Gasteiger partial charge on any atom is -0.512 e. The lowest BCUT2D eigenvalue weighted by Crippen LogP contribution is -2.30. The number of hydrogen-bond acceptors (Lipinski definition) is 4. The van der Waals surface area contributed by atoms with E-state index in [2.05, 4.69) is 20.8 Å². The lowest BCUT2D eigenvalue weighted by molar-refractivity contribution is -0.119. The minimum atomic E-state index is -0.226. The van der Waals surface area contributed by atoms with Crippen molar-refractivity contribution >= 4 is 17.5 Å². The zero-order valence-corrected chi connectivity index (χ0v) is 14.7. The molecule has 0 aromatic heterocycles. The van der Waals surface area contributed by atoms with Gasteiger partial charge in [-0.25, -0.2) is 0 Å². The number of rotatable bonds is 9. The van der Waals surface area contributed by atoms with Crippen LogP contribution in [0.25, 0.3) is 0 Å². The van der Waals surface area contributed by atoms with Crippen molar-refractivity contribution < 1.29 is 14.6 Å². The van der Waals surface area contributed by atoms with E-state index >= 15 is 0 Å². The summed E-state index contributed by atoms with van der Waals surface area (Å²) >= 11 is 1.92. The van der Waals surface area contributed by atoms with Gasteiger partial charge in [-0.15, -0.1) is 0 Å². The van der Waals surface area contributed by atoms with Gasteiger partial charge < -0.3 is 9.84 Å². The van der Waals surface area contributed by atoms with Gasteiger partial charge in [-0.2, -0.15) is 11.8 Å². The van der Waals surface area contributed by atoms with Crippen molar-refractivity contribution in [1.82, 2.24) is 0 Å². The highest BCUT2D eigenvalue weighted by Crippen LogP contribution is 2.34. The van der Waals surface area contributed by atoms with E-state index in [-0.39, 0.29) is 23.6 Å². The Labute approximate surface area is 133 Å². The fraction of sp³-hybridized carbons (Fsp3) is 0.824. The molecule has 122 valence electrons. The van der Waals surface area contributed by atoms with E-state index in [9.17, 15) is 9.90 Å². The van der Waals surface area contributed by atoms with Gasteiger partial charge in [0.25, 0.3) is 0 Å². The van der Waals surface area contributed by atoms with Crippen molar-refractivity contribution in [2.75, 3.05) is 12.4 Å². The fourth-order valence-corrected chi connectivity index (χ4v) is 4.09. The maximum Gasteiger partial charge on any atom is 0.165 e. The average Bonchev–Trinajstić information content (AvgIpc) is 2.38. The highest BCUT2D eigenvalue weighted by Gasteiger charge is 2.32. The Morgan fingerprint density at radius 1 is 1.33 bits per heavy atom. The largest absolute Gasteiger partial charge is 0.512 e. The molecule has 1 aliphatic carbocycles. The van der Waals surface area contributed by atoms with Crippen LogP contribution in [0.3, 0.4) is 0 Å². The molecular formula is C17H30O3S. The molecule has 1 rings (SSSR count). The average molecular weight is 314 g/mol. The number of carbonyl (C=O) groups is 1. The second kappa shape index (κ2) is 9.52. The first-order valence-corrected chi connectivity index (χ1v) is 9.26. The summed E-state index contributed by atoms with van der Waals surface area (Å²) in [7, 11) is 0. The molecule has 0 bridgehead atoms. The Balaban J connectivity index is 2.76. The molecule has 0 radical (unpaired) electrons. The van der Waals surface area contributed by atoms with Crippen molar-refractivity contribution in [3.8, 4) is 0 Å². The number of aliphatic hydroxyl groups is 1. The van der Waals surface area contributed by atoms with E-state index in [0.29, 0.717) is 30.3 Å². The second-order valence-electron chi connectivity index (χ2n) is 5.79. The van der Waals surface area contributed by atoms with Gasteiger partial charge in [0.2, 0.25) is 0 Å². The Morgan fingerprint density at radius 2 is 2.05 bits per heavy atom. The number of allylic oxidation sites excluding steroid dienone is 1. The molecule has 0 heterocycles. The van der Waals surface area contributed by atoms with Crippen molar-refractivity contribution in [3.05, 3.63) is 11.3 Å². The quantitative estimate of drug-likeness (QED) is 0.680. The predicted molar refractivity (Wildman–Crippen MR) is 89.9 cm³/mol. The van der Waals surface area contributed by atoms with E-state index < -0.39 is 0 Å². The van der Waals surface area contributed by atoms with E-state index in [1.807, 2.05) is 18.7 Å². The molecule has 21 heavy (non-hydrogen) atoms. The summed E-state index contributed by atoms with van der Waals surface area (Å²) in [4.78, 5) is 12.4. The smallest absolute Gasteiger partial charge is 0.165 e. The summed E-state index contributed by atoms with van der Waals surface area (Å²) in [5.74, 6) is 1.73. The molecular weight excluding hydrogens is 284 g/mol. The highest BCUT2D eigenvalue weighted by atomic mass is 32.2. The molecule has 0 spiro atoms. The Kier molecular flexibility index (Phi) is 8.42. The lowest BCUT2D eigenvalue weighted by Gasteiger charge is -2.29. The van der Waals surface area contributed by atoms with Gasteiger partial charge in [-0.3, -0.25) is 4.79 Å². The SMILES string of the molecule is CCCC(OCC)C1=C(O)CC(CC(C)SCC)CC1=O. The van der Waals surface area contributed by atoms with E-state index in [0.717, 1.165) is 25.0 Å². The number of aliphatic hydroxyl groups excluding tert-OH is 1. The van der Waals surface area contributed by atoms with Crippen LogP contribution in [0.1, 0.15) is 59.8 Å². The first kappa shape index (κ1) is 18.6. The summed E-state index contributed by atoms with van der Waals surface area (Å²) in [5, 5.41) is 10.9. The lowest BCUT2D eigenvalue weighted by atomic mass is 9.82. The molecule has 1 N–H and O–H groups in total. The zero-order valence-electron chi connectivity index (χ0n) is 13.9. The van der Waals surface area contributed by atoms with Crippen LogP contribution < -0.4 is 0 Å². The molecule has 0 aromatic rings. The number of ether oxygens (including phenoxy) is 1. The maximum atomic E-state index is 12.4. The number of Topliss-reactive ketones (excluding diaryl/α,β-unsaturated/α-hetero) is 1. The van der Waals surface area contributed by atoms with Crippen LogP contribution in [0.4, 0.5) is 0 Å². The topological polar surface area (TPSA) is 46.5 Å². The van der Waals surface area contributed by atoms with Crippen LogP contribution in [0.2, 0.25) is 0 Å². The summed E-state index contributed by atoms with van der Waals surface area (Å²) in [6.07, 6.45) is 3.70. The van der Waals surface area contributed by atoms with Crippen LogP contribution in [0, 0.1) is 5.92 Å². The Bertz CT molecular complexity index is 359. The van der Waals surface area contributed by atoms with Gasteiger partial charge in [0.1, 0.15) is 5.76 Å². The summed E-state index contributed by atoms with van der Waals surface area (Å²) < 4.78 is 5.67. The van der Waals surface area contributed by atoms with Crippen molar-refractivity contribution in [2.45, 2.75) is 71.2 Å². The van der Waals surface area contributed by atoms with Gasteiger partial charge in [-0.05, 0) is 31.4 Å². The molecule has 3 atom stereocenters. The van der Waals surface area contributed by atoms with Crippen molar-refractivity contribution in [3.63, 3.8) is 0 Å². The minimum absolute atomic E-state index is 0.0874. The van der Waals surface area contributed by atoms with Gasteiger partial charge in [0.05, 0.1) is 11.7 Å². The normalized spacial score (nSPS) is 22.5. The molecule has 0 aliphatic heterocycles. The number of hydrogen-bond donors (Lipinski definition) is 1. The number of thioether (sulfide) groups is 1. The third-order valence-electron chi connectivity index (χ3n) is 3.92. The molecule has 1 aliphatic rings. The third kappa shape index (κ3) is 5.67. The Morgan fingerprint density at radius 3 is 2.57 bits per heavy atom. The number of carbonyl (C=O) groups excluding carboxylic acids is 1. The monoisotopic (exact) mass is 314 g/mol. The predicted octanol–water partition coefficient (Wildman–Crippen LogP) is 4.51. The number of ketones is 1. The molecule has 3 nitrogen and oxygen atoms in total. The molecule has 3 unspecified atom stereocenters. The molecule has 0 fully saturated rings. The van der Waals surface area contributed by atoms with E-state index in [1.165, 1.54) is 0 Å². The zero-order chi connectivity index (χ0) is 15.8. The molecule has 0 amide bonds. The third-order valence-corrected chi connectivity index (χ3v) is 5.02. The summed E-state index contributed by atoms with van der Waals surface area (Å²) in [6.45, 7) is 8.93. The van der Waals surface area contributed by atoms with E-state index in [4.69, 9.17) is 4.74 Å². The molecule has 0 aromatic carbocycles. The maximum absolute atomic E-state index is 12.4. The van der Waals surface area contributed by atoms with Gasteiger partial charge in [0, 0.05) is 24.7 Å². The highest BCUT2D eigenvalue weighted by molar-refractivity contribution is 7.99. The van der Waals surface area contributed by atoms with Crippen molar-refractivity contribution in [2.24, 2.45) is 5.92 Å². The van der Waals surface area contributed by atoms with Crippen LogP contribution in [0.5, 0.6) is 0 Å². The van der Waals surface area contributed by atoms with Crippen LogP contribution in [-0.4, -0.2) is 34.6 Å². The van der Waals surface area contributed by atoms with Gasteiger partial charge in [-0.1, -0.05) is 27.2 Å². The molecule has 0 saturated heterocycles. The van der Waals surface area contributed by atoms with Gasteiger partial charge in [0.15, 0.2) is 5.78 Å². The summed E-state index contributed by atoms with van der Waals surface area (Å²) in [5.41, 5.74) is 0.547. The fourth-order valence-electron chi connectivity index (χ4n) is 3.12.